The third-order valence-corrected chi connectivity index (χ3v) is 4.65. The van der Waals surface area contributed by atoms with Crippen LogP contribution in [-0.4, -0.2) is 41.0 Å². The highest BCUT2D eigenvalue weighted by Crippen LogP contribution is 2.29. The topological polar surface area (TPSA) is 62.3 Å². The van der Waals surface area contributed by atoms with Gasteiger partial charge in [-0.05, 0) is 18.2 Å². The highest BCUT2D eigenvalue weighted by molar-refractivity contribution is 7.14. The summed E-state index contributed by atoms with van der Waals surface area (Å²) in [6, 6.07) is 2.86. The molecule has 144 valence electrons. The third-order valence-electron chi connectivity index (χ3n) is 3.89. The minimum atomic E-state index is -4.54. The monoisotopic (exact) mass is 405 g/mol. The highest BCUT2D eigenvalue weighted by atomic mass is 32.1. The number of alkyl halides is 3. The molecule has 1 aliphatic rings. The normalized spacial score (nSPS) is 17.4. The number of nitrogens with zero attached hydrogens (tertiary/aromatic N) is 2. The van der Waals surface area contributed by atoms with Gasteiger partial charge in [-0.1, -0.05) is 0 Å². The number of carbonyl (C=O) groups is 2. The zero-order valence-electron chi connectivity index (χ0n) is 13.5. The number of rotatable bonds is 4. The smallest absolute Gasteiger partial charge is 0.333 e. The minimum Gasteiger partial charge on any atom is -0.333 e. The molecular weight excluding hydrogens is 393 g/mol. The molecule has 1 atom stereocenters. The van der Waals surface area contributed by atoms with Crippen molar-refractivity contribution >= 4 is 28.3 Å². The van der Waals surface area contributed by atoms with Gasteiger partial charge in [-0.2, -0.15) is 13.2 Å². The maximum absolute atomic E-state index is 13.8. The second-order valence-corrected chi connectivity index (χ2v) is 6.80. The summed E-state index contributed by atoms with van der Waals surface area (Å²) in [5.41, 5.74) is 0.0210. The van der Waals surface area contributed by atoms with E-state index in [0.29, 0.717) is 4.90 Å². The Morgan fingerprint density at radius 3 is 2.78 bits per heavy atom. The van der Waals surface area contributed by atoms with Crippen molar-refractivity contribution < 1.29 is 31.5 Å². The van der Waals surface area contributed by atoms with Crippen molar-refractivity contribution in [1.82, 2.24) is 9.88 Å². The van der Waals surface area contributed by atoms with Gasteiger partial charge in [0.2, 0.25) is 11.8 Å². The first-order valence-electron chi connectivity index (χ1n) is 7.69. The standard InChI is InChI=1S/C16H12F5N3O2S/c17-9-1-2-11(18)10(4-9)12-6-27-15(22-12)23-14(26)8-3-13(25)24(5-8)7-16(19,20)21/h1-2,4,6,8H,3,5,7H2,(H,22,23,26). The molecule has 1 aromatic carbocycles. The molecule has 1 unspecified atom stereocenters. The fourth-order valence-corrected chi connectivity index (χ4v) is 3.39. The SMILES string of the molecule is O=C(Nc1nc(-c2cc(F)ccc2F)cs1)C1CC(=O)N(CC(F)(F)F)C1. The second kappa shape index (κ2) is 7.22. The predicted molar refractivity (Wildman–Crippen MR) is 86.8 cm³/mol. The molecule has 2 aromatic rings. The van der Waals surface area contributed by atoms with E-state index >= 15 is 0 Å². The third kappa shape index (κ3) is 4.59. The number of carbonyl (C=O) groups excluding carboxylic acids is 2. The Kier molecular flexibility index (Phi) is 5.13. The van der Waals surface area contributed by atoms with Crippen molar-refractivity contribution in [2.75, 3.05) is 18.4 Å². The van der Waals surface area contributed by atoms with Crippen molar-refractivity contribution in [1.29, 1.82) is 0 Å². The number of hydrogen-bond donors (Lipinski definition) is 1. The van der Waals surface area contributed by atoms with Crippen LogP contribution in [0.25, 0.3) is 11.3 Å². The zero-order valence-corrected chi connectivity index (χ0v) is 14.3. The first kappa shape index (κ1) is 19.2. The molecule has 5 nitrogen and oxygen atoms in total. The van der Waals surface area contributed by atoms with Crippen LogP contribution in [0, 0.1) is 17.6 Å². The number of halogens is 5. The van der Waals surface area contributed by atoms with Crippen LogP contribution in [0.4, 0.5) is 27.1 Å². The lowest BCUT2D eigenvalue weighted by Gasteiger charge is -2.18. The van der Waals surface area contributed by atoms with Gasteiger partial charge in [0.25, 0.3) is 0 Å². The Bertz CT molecular complexity index is 883. The molecule has 1 aromatic heterocycles. The molecule has 1 fully saturated rings. The van der Waals surface area contributed by atoms with Crippen molar-refractivity contribution in [3.63, 3.8) is 0 Å². The van der Waals surface area contributed by atoms with Gasteiger partial charge in [0.05, 0.1) is 11.6 Å². The molecule has 0 saturated carbocycles. The average molecular weight is 405 g/mol. The predicted octanol–water partition coefficient (Wildman–Crippen LogP) is 3.44. The number of anilines is 1. The summed E-state index contributed by atoms with van der Waals surface area (Å²) < 4.78 is 64.3. The van der Waals surface area contributed by atoms with Crippen LogP contribution in [0.15, 0.2) is 23.6 Å². The molecule has 3 rings (SSSR count). The van der Waals surface area contributed by atoms with Gasteiger partial charge in [-0.25, -0.2) is 13.8 Å². The van der Waals surface area contributed by atoms with Crippen LogP contribution in [0.1, 0.15) is 6.42 Å². The van der Waals surface area contributed by atoms with Crippen LogP contribution < -0.4 is 5.32 Å². The number of thiazole rings is 1. The van der Waals surface area contributed by atoms with Gasteiger partial charge in [-0.3, -0.25) is 9.59 Å². The Morgan fingerprint density at radius 1 is 1.33 bits per heavy atom. The Morgan fingerprint density at radius 2 is 2.07 bits per heavy atom. The quantitative estimate of drug-likeness (QED) is 0.793. The van der Waals surface area contributed by atoms with Crippen LogP contribution in [0.5, 0.6) is 0 Å². The van der Waals surface area contributed by atoms with Gasteiger partial charge in [0.1, 0.15) is 18.2 Å². The number of aromatic nitrogens is 1. The number of amides is 2. The first-order chi connectivity index (χ1) is 12.6. The summed E-state index contributed by atoms with van der Waals surface area (Å²) in [5, 5.41) is 3.88. The highest BCUT2D eigenvalue weighted by Gasteiger charge is 2.40. The second-order valence-electron chi connectivity index (χ2n) is 5.94. The fraction of sp³-hybridized carbons (Fsp3) is 0.312. The molecule has 27 heavy (non-hydrogen) atoms. The Balaban J connectivity index is 1.66. The molecule has 0 aliphatic carbocycles. The molecule has 1 N–H and O–H groups in total. The molecule has 11 heteroatoms. The summed E-state index contributed by atoms with van der Waals surface area (Å²) in [6.07, 6.45) is -4.88. The molecule has 1 saturated heterocycles. The van der Waals surface area contributed by atoms with E-state index in [2.05, 4.69) is 10.3 Å². The van der Waals surface area contributed by atoms with Gasteiger partial charge >= 0.3 is 6.18 Å². The Labute approximate surface area is 153 Å². The number of benzene rings is 1. The zero-order chi connectivity index (χ0) is 19.8. The fourth-order valence-electron chi connectivity index (χ4n) is 2.67. The van der Waals surface area contributed by atoms with E-state index in [-0.39, 0.29) is 29.4 Å². The van der Waals surface area contributed by atoms with Gasteiger partial charge in [0.15, 0.2) is 5.13 Å². The molecule has 0 spiro atoms. The van der Waals surface area contributed by atoms with Crippen molar-refractivity contribution in [2.45, 2.75) is 12.6 Å². The number of hydrogen-bond acceptors (Lipinski definition) is 4. The number of nitrogens with one attached hydrogen (secondary N) is 1. The first-order valence-corrected chi connectivity index (χ1v) is 8.56. The lowest BCUT2D eigenvalue weighted by molar-refractivity contribution is -0.157. The Hall–Kier alpha value is -2.56. The average Bonchev–Trinajstić information content (AvgIpc) is 3.16. The molecule has 2 amide bonds. The summed E-state index contributed by atoms with van der Waals surface area (Å²) in [4.78, 5) is 28.4. The molecule has 0 radical (unpaired) electrons. The minimum absolute atomic E-state index is 0.0698. The van der Waals surface area contributed by atoms with E-state index in [1.54, 1.807) is 0 Å². The molecule has 0 bridgehead atoms. The molecular formula is C16H12F5N3O2S. The van der Waals surface area contributed by atoms with Crippen molar-refractivity contribution in [2.24, 2.45) is 5.92 Å². The largest absolute Gasteiger partial charge is 0.406 e. The maximum atomic E-state index is 13.8. The van der Waals surface area contributed by atoms with E-state index in [1.165, 1.54) is 5.38 Å². The van der Waals surface area contributed by atoms with E-state index in [1.807, 2.05) is 0 Å². The lowest BCUT2D eigenvalue weighted by Crippen LogP contribution is -2.36. The maximum Gasteiger partial charge on any atom is 0.406 e. The van der Waals surface area contributed by atoms with E-state index < -0.39 is 42.1 Å². The summed E-state index contributed by atoms with van der Waals surface area (Å²) in [5.74, 6) is -3.70. The molecule has 2 heterocycles. The summed E-state index contributed by atoms with van der Waals surface area (Å²) in [7, 11) is 0. The van der Waals surface area contributed by atoms with Crippen LogP contribution in [0.3, 0.4) is 0 Å². The van der Waals surface area contributed by atoms with Gasteiger partial charge in [0, 0.05) is 23.9 Å². The van der Waals surface area contributed by atoms with Crippen molar-refractivity contribution in [3.05, 3.63) is 35.2 Å². The van der Waals surface area contributed by atoms with Gasteiger partial charge < -0.3 is 10.2 Å². The molecule has 1 aliphatic heterocycles. The van der Waals surface area contributed by atoms with Crippen LogP contribution >= 0.6 is 11.3 Å². The lowest BCUT2D eigenvalue weighted by atomic mass is 10.1. The van der Waals surface area contributed by atoms with Crippen LogP contribution in [-0.2, 0) is 9.59 Å². The van der Waals surface area contributed by atoms with Crippen molar-refractivity contribution in [3.8, 4) is 11.3 Å². The van der Waals surface area contributed by atoms with E-state index in [4.69, 9.17) is 0 Å². The number of likely N-dealkylation sites (tertiary alicyclic amines) is 1. The van der Waals surface area contributed by atoms with Crippen LogP contribution in [0.2, 0.25) is 0 Å². The summed E-state index contributed by atoms with van der Waals surface area (Å²) in [6.45, 7) is -1.75. The van der Waals surface area contributed by atoms with Gasteiger partial charge in [-0.15, -0.1) is 11.3 Å². The van der Waals surface area contributed by atoms with E-state index in [0.717, 1.165) is 29.5 Å². The van der Waals surface area contributed by atoms with E-state index in [9.17, 15) is 31.5 Å². The summed E-state index contributed by atoms with van der Waals surface area (Å²) >= 11 is 0.947.